The highest BCUT2D eigenvalue weighted by molar-refractivity contribution is 7.10. The Balaban J connectivity index is 0.748. The number of benzene rings is 2. The summed E-state index contributed by atoms with van der Waals surface area (Å²) in [7, 11) is 1.68. The quantitative estimate of drug-likeness (QED) is 0.0935. The lowest BCUT2D eigenvalue weighted by atomic mass is 10.1. The van der Waals surface area contributed by atoms with Gasteiger partial charge in [-0.25, -0.2) is 19.3 Å². The van der Waals surface area contributed by atoms with Crippen LogP contribution in [0, 0.1) is 5.82 Å². The SMILES string of the molecule is CN[C@@H](C)C(=O)N[C@@H](C)C(=O)N1CCC[C@H]1c1nc(C(=O)c2cccc(OCCC(=O)N3CCN(C(=O)c4ccc(Nc5nc(C6CC6)cn6c(-c7cn[nH]c7)cnc56)c(F)c4)CC3)c2)cs1. The minimum atomic E-state index is -0.712. The Morgan fingerprint density at radius 1 is 0.940 bits per heavy atom. The van der Waals surface area contributed by atoms with Crippen LogP contribution in [0.4, 0.5) is 15.9 Å². The fourth-order valence-corrected chi connectivity index (χ4v) is 9.34. The number of hydrogen-bond acceptors (Lipinski definition) is 13. The number of piperazine rings is 1. The van der Waals surface area contributed by atoms with Crippen LogP contribution >= 0.6 is 11.3 Å². The second kappa shape index (κ2) is 19.4. The van der Waals surface area contributed by atoms with Crippen molar-refractivity contribution in [3.8, 4) is 17.0 Å². The second-order valence-electron chi connectivity index (χ2n) is 17.1. The minimum absolute atomic E-state index is 0.0759. The van der Waals surface area contributed by atoms with Gasteiger partial charge in [-0.05, 0) is 76.9 Å². The number of ether oxygens (including phenoxy) is 1. The first-order chi connectivity index (χ1) is 32.4. The normalized spacial score (nSPS) is 17.1. The van der Waals surface area contributed by atoms with Crippen LogP contribution in [0.5, 0.6) is 5.75 Å². The highest BCUT2D eigenvalue weighted by Gasteiger charge is 2.36. The molecule has 2 aromatic carbocycles. The summed E-state index contributed by atoms with van der Waals surface area (Å²) in [5, 5.41) is 18.0. The molecule has 4 amide bonds. The number of anilines is 2. The second-order valence-corrected chi connectivity index (χ2v) is 18.0. The summed E-state index contributed by atoms with van der Waals surface area (Å²) in [5.74, 6) is -0.681. The number of likely N-dealkylation sites (N-methyl/N-ethyl adjacent to an activating group) is 1. The van der Waals surface area contributed by atoms with Crippen molar-refractivity contribution in [3.05, 3.63) is 106 Å². The molecule has 2 saturated heterocycles. The number of nitrogens with one attached hydrogen (secondary N) is 4. The average molecular weight is 931 g/mol. The zero-order valence-corrected chi connectivity index (χ0v) is 38.1. The molecule has 67 heavy (non-hydrogen) atoms. The van der Waals surface area contributed by atoms with Crippen LogP contribution in [0.2, 0.25) is 0 Å². The van der Waals surface area contributed by atoms with Gasteiger partial charge in [-0.15, -0.1) is 11.3 Å². The van der Waals surface area contributed by atoms with E-state index < -0.39 is 17.9 Å². The van der Waals surface area contributed by atoms with Crippen LogP contribution in [0.15, 0.2) is 72.6 Å². The number of nitrogens with zero attached hydrogens (tertiary/aromatic N) is 8. The van der Waals surface area contributed by atoms with E-state index in [1.807, 2.05) is 10.6 Å². The molecule has 1 aliphatic carbocycles. The van der Waals surface area contributed by atoms with Gasteiger partial charge in [-0.2, -0.15) is 5.10 Å². The standard InChI is InChI=1S/C47H51FN12O6S/c1-27(49-3)44(63)53-28(2)46(64)59-14-5-8-38(59)45-56-37(26-67-45)41(62)30-6-4-7-33(20-30)66-19-13-40(61)57-15-17-58(18-16-57)47(65)31-11-12-35(34(48)21-31)54-42-43-50-24-39(32-22-51-52-23-32)60(43)25-36(55-42)29-9-10-29/h4,6-7,11-12,20-29,38,49H,5,8-10,13-19H2,1-3H3,(H,51,52)(H,53,63)(H,54,55)/t27-,28-,38-/m0/s1. The van der Waals surface area contributed by atoms with Gasteiger partial charge >= 0.3 is 0 Å². The molecule has 18 nitrogen and oxygen atoms in total. The molecule has 348 valence electrons. The molecule has 20 heteroatoms. The van der Waals surface area contributed by atoms with Gasteiger partial charge in [-0.1, -0.05) is 12.1 Å². The number of H-pyrrole nitrogens is 1. The molecule has 4 N–H and O–H groups in total. The first kappa shape index (κ1) is 45.1. The lowest BCUT2D eigenvalue weighted by molar-refractivity contribution is -0.137. The van der Waals surface area contributed by atoms with E-state index in [9.17, 15) is 24.0 Å². The molecule has 9 rings (SSSR count). The van der Waals surface area contributed by atoms with E-state index in [0.717, 1.165) is 36.2 Å². The van der Waals surface area contributed by atoms with E-state index in [4.69, 9.17) is 9.72 Å². The van der Waals surface area contributed by atoms with E-state index in [2.05, 4.69) is 36.1 Å². The van der Waals surface area contributed by atoms with E-state index >= 15 is 4.39 Å². The van der Waals surface area contributed by atoms with Crippen molar-refractivity contribution >= 4 is 57.9 Å². The maximum Gasteiger partial charge on any atom is 0.254 e. The van der Waals surface area contributed by atoms with Gasteiger partial charge in [0.15, 0.2) is 11.5 Å². The molecule has 4 aromatic heterocycles. The molecular weight excluding hydrogens is 880 g/mol. The first-order valence-corrected chi connectivity index (χ1v) is 23.4. The smallest absolute Gasteiger partial charge is 0.254 e. The van der Waals surface area contributed by atoms with E-state index in [0.29, 0.717) is 59.8 Å². The molecule has 3 atom stereocenters. The molecule has 2 aliphatic heterocycles. The Bertz CT molecular complexity index is 2820. The molecule has 6 heterocycles. The van der Waals surface area contributed by atoms with Crippen LogP contribution in [0.1, 0.15) is 95.0 Å². The molecule has 0 bridgehead atoms. The number of imidazole rings is 1. The van der Waals surface area contributed by atoms with Crippen LogP contribution in [0.25, 0.3) is 16.9 Å². The summed E-state index contributed by atoms with van der Waals surface area (Å²) < 4.78 is 23.5. The first-order valence-electron chi connectivity index (χ1n) is 22.5. The summed E-state index contributed by atoms with van der Waals surface area (Å²) in [6.45, 7) is 5.19. The van der Waals surface area contributed by atoms with Crippen LogP contribution in [-0.2, 0) is 14.4 Å². The number of amides is 4. The molecule has 0 unspecified atom stereocenters. The van der Waals surface area contributed by atoms with Crippen molar-refractivity contribution in [2.75, 3.05) is 51.7 Å². The van der Waals surface area contributed by atoms with Gasteiger partial charge in [-0.3, -0.25) is 33.5 Å². The monoisotopic (exact) mass is 930 g/mol. The zero-order chi connectivity index (χ0) is 46.8. The van der Waals surface area contributed by atoms with Crippen molar-refractivity contribution in [1.29, 1.82) is 0 Å². The Kier molecular flexibility index (Phi) is 13.1. The molecule has 3 aliphatic rings. The van der Waals surface area contributed by atoms with Gasteiger partial charge in [0.05, 0.1) is 54.6 Å². The van der Waals surface area contributed by atoms with Crippen molar-refractivity contribution in [3.63, 3.8) is 0 Å². The summed E-state index contributed by atoms with van der Waals surface area (Å²) >= 11 is 1.32. The number of aromatic nitrogens is 6. The van der Waals surface area contributed by atoms with E-state index in [-0.39, 0.29) is 78.5 Å². The number of rotatable bonds is 16. The summed E-state index contributed by atoms with van der Waals surface area (Å²) in [6, 6.07) is 9.58. The maximum atomic E-state index is 15.7. The fraction of sp³-hybridized carbons (Fsp3) is 0.383. The summed E-state index contributed by atoms with van der Waals surface area (Å²) in [6.07, 6.45) is 10.8. The van der Waals surface area contributed by atoms with Gasteiger partial charge < -0.3 is 35.4 Å². The third-order valence-corrected chi connectivity index (χ3v) is 13.4. The molecule has 6 aromatic rings. The summed E-state index contributed by atoms with van der Waals surface area (Å²) in [4.78, 5) is 85.0. The van der Waals surface area contributed by atoms with Crippen molar-refractivity contribution in [1.82, 2.24) is 54.9 Å². The van der Waals surface area contributed by atoms with Crippen LogP contribution in [-0.4, -0.2) is 132 Å². The molecule has 3 fully saturated rings. The summed E-state index contributed by atoms with van der Waals surface area (Å²) in [5.41, 5.74) is 4.08. The number of carbonyl (C=O) groups is 5. The number of thiazole rings is 1. The average Bonchev–Trinajstić information content (AvgIpc) is 3.79. The minimum Gasteiger partial charge on any atom is -0.493 e. The highest BCUT2D eigenvalue weighted by atomic mass is 32.1. The number of halogens is 1. The van der Waals surface area contributed by atoms with Crippen molar-refractivity contribution in [2.24, 2.45) is 0 Å². The van der Waals surface area contributed by atoms with Crippen LogP contribution < -0.4 is 20.7 Å². The molecule has 0 radical (unpaired) electrons. The van der Waals surface area contributed by atoms with E-state index in [1.54, 1.807) is 89.9 Å². The Hall–Kier alpha value is -7.06. The Morgan fingerprint density at radius 3 is 2.49 bits per heavy atom. The number of fused-ring (bicyclic) bond motifs is 1. The predicted molar refractivity (Wildman–Crippen MR) is 247 cm³/mol. The van der Waals surface area contributed by atoms with Gasteiger partial charge in [0.25, 0.3) is 5.91 Å². The predicted octanol–water partition coefficient (Wildman–Crippen LogP) is 5.10. The number of likely N-dealkylation sites (tertiary alicyclic amines) is 1. The topological polar surface area (TPSA) is 212 Å². The van der Waals surface area contributed by atoms with Gasteiger partial charge in [0, 0.05) is 73.1 Å². The third kappa shape index (κ3) is 9.76. The fourth-order valence-electron chi connectivity index (χ4n) is 8.39. The number of hydrogen-bond donors (Lipinski definition) is 4. The molecule has 1 saturated carbocycles. The number of ketones is 1. The zero-order valence-electron chi connectivity index (χ0n) is 37.3. The lowest BCUT2D eigenvalue weighted by Gasteiger charge is -2.35. The third-order valence-electron chi connectivity index (χ3n) is 12.5. The highest BCUT2D eigenvalue weighted by Crippen LogP contribution is 2.41. The Labute approximate surface area is 389 Å². The number of aromatic amines is 1. The van der Waals surface area contributed by atoms with Crippen molar-refractivity contribution < 1.29 is 33.1 Å². The van der Waals surface area contributed by atoms with Gasteiger partial charge in [0.2, 0.25) is 23.5 Å². The van der Waals surface area contributed by atoms with Gasteiger partial charge in [0.1, 0.15) is 28.3 Å². The lowest BCUT2D eigenvalue weighted by Crippen LogP contribution is -2.51. The number of carbonyl (C=O) groups excluding carboxylic acids is 5. The maximum absolute atomic E-state index is 15.7. The Morgan fingerprint density at radius 2 is 1.75 bits per heavy atom. The molecule has 0 spiro atoms. The van der Waals surface area contributed by atoms with Crippen molar-refractivity contribution in [2.45, 2.75) is 70.0 Å². The van der Waals surface area contributed by atoms with E-state index in [1.165, 1.54) is 23.5 Å². The van der Waals surface area contributed by atoms with Crippen LogP contribution in [0.3, 0.4) is 0 Å². The molecular formula is C47H51FN12O6S. The largest absolute Gasteiger partial charge is 0.493 e.